The molecule has 1 aromatic carbocycles. The van der Waals surface area contributed by atoms with E-state index in [-0.39, 0.29) is 0 Å². The lowest BCUT2D eigenvalue weighted by molar-refractivity contribution is 0.302. The van der Waals surface area contributed by atoms with Gasteiger partial charge in [0.05, 0.1) is 0 Å². The number of rotatable bonds is 6. The summed E-state index contributed by atoms with van der Waals surface area (Å²) in [5.74, 6) is 0.728. The lowest BCUT2D eigenvalue weighted by atomic mass is 10.1. The fourth-order valence-electron chi connectivity index (χ4n) is 1.64. The van der Waals surface area contributed by atoms with Crippen LogP contribution in [0, 0.1) is 5.92 Å². The Morgan fingerprint density at radius 3 is 2.53 bits per heavy atom. The fourth-order valence-corrected chi connectivity index (χ4v) is 1.84. The standard InChI is InChI=1S/C13H20BrN/c1-12(10-14)11-15(2)9-8-13-6-4-3-5-7-13/h3-7,12H,8-11H2,1-2H3. The van der Waals surface area contributed by atoms with Crippen LogP contribution in [0.15, 0.2) is 30.3 Å². The average Bonchev–Trinajstić information content (AvgIpc) is 2.27. The normalized spacial score (nSPS) is 13.1. The van der Waals surface area contributed by atoms with E-state index in [1.165, 1.54) is 5.56 Å². The first-order valence-electron chi connectivity index (χ1n) is 5.51. The van der Waals surface area contributed by atoms with Crippen molar-refractivity contribution in [2.24, 2.45) is 5.92 Å². The predicted octanol–water partition coefficient (Wildman–Crippen LogP) is 3.19. The number of halogens is 1. The Kier molecular flexibility index (Phi) is 5.96. The predicted molar refractivity (Wildman–Crippen MR) is 70.6 cm³/mol. The molecule has 0 heterocycles. The molecule has 0 fully saturated rings. The molecule has 1 aromatic rings. The van der Waals surface area contributed by atoms with E-state index < -0.39 is 0 Å². The van der Waals surface area contributed by atoms with Crippen molar-refractivity contribution in [1.29, 1.82) is 0 Å². The van der Waals surface area contributed by atoms with Gasteiger partial charge in [-0.1, -0.05) is 53.2 Å². The first-order valence-corrected chi connectivity index (χ1v) is 6.63. The smallest absolute Gasteiger partial charge is 0.00692 e. The molecule has 0 spiro atoms. The highest BCUT2D eigenvalue weighted by atomic mass is 79.9. The van der Waals surface area contributed by atoms with Crippen molar-refractivity contribution in [3.05, 3.63) is 35.9 Å². The first kappa shape index (κ1) is 12.7. The van der Waals surface area contributed by atoms with Gasteiger partial charge >= 0.3 is 0 Å². The summed E-state index contributed by atoms with van der Waals surface area (Å²) >= 11 is 3.51. The second kappa shape index (κ2) is 7.02. The van der Waals surface area contributed by atoms with Gasteiger partial charge in [-0.25, -0.2) is 0 Å². The number of hydrogen-bond donors (Lipinski definition) is 0. The Bertz CT molecular complexity index is 260. The van der Waals surface area contributed by atoms with Crippen LogP contribution < -0.4 is 0 Å². The molecule has 0 bridgehead atoms. The van der Waals surface area contributed by atoms with Gasteiger partial charge in [-0.3, -0.25) is 0 Å². The molecule has 0 amide bonds. The van der Waals surface area contributed by atoms with Crippen LogP contribution in [0.5, 0.6) is 0 Å². The zero-order valence-corrected chi connectivity index (χ0v) is 11.2. The Hall–Kier alpha value is -0.340. The highest BCUT2D eigenvalue weighted by molar-refractivity contribution is 9.09. The van der Waals surface area contributed by atoms with Crippen LogP contribution in [0.2, 0.25) is 0 Å². The number of hydrogen-bond acceptors (Lipinski definition) is 1. The summed E-state index contributed by atoms with van der Waals surface area (Å²) in [7, 11) is 2.20. The third-order valence-corrected chi connectivity index (χ3v) is 3.62. The molecule has 0 saturated heterocycles. The van der Waals surface area contributed by atoms with Crippen LogP contribution in [-0.4, -0.2) is 30.4 Å². The lowest BCUT2D eigenvalue weighted by Crippen LogP contribution is -2.27. The van der Waals surface area contributed by atoms with Gasteiger partial charge < -0.3 is 4.90 Å². The van der Waals surface area contributed by atoms with E-state index in [1.807, 2.05) is 0 Å². The summed E-state index contributed by atoms with van der Waals surface area (Å²) < 4.78 is 0. The van der Waals surface area contributed by atoms with Crippen LogP contribution in [0.25, 0.3) is 0 Å². The van der Waals surface area contributed by atoms with Crippen molar-refractivity contribution < 1.29 is 0 Å². The fraction of sp³-hybridized carbons (Fsp3) is 0.538. The second-order valence-corrected chi connectivity index (χ2v) is 4.90. The van der Waals surface area contributed by atoms with Crippen LogP contribution in [0.4, 0.5) is 0 Å². The van der Waals surface area contributed by atoms with Crippen molar-refractivity contribution >= 4 is 15.9 Å². The number of likely N-dealkylation sites (N-methyl/N-ethyl adjacent to an activating group) is 1. The van der Waals surface area contributed by atoms with Gasteiger partial charge in [-0.2, -0.15) is 0 Å². The molecular weight excluding hydrogens is 250 g/mol. The Balaban J connectivity index is 2.25. The highest BCUT2D eigenvalue weighted by Gasteiger charge is 2.04. The molecule has 1 atom stereocenters. The first-order chi connectivity index (χ1) is 7.22. The van der Waals surface area contributed by atoms with Gasteiger partial charge in [-0.05, 0) is 24.9 Å². The van der Waals surface area contributed by atoms with Crippen molar-refractivity contribution in [3.8, 4) is 0 Å². The maximum absolute atomic E-state index is 3.51. The molecule has 1 nitrogen and oxygen atoms in total. The van der Waals surface area contributed by atoms with E-state index in [9.17, 15) is 0 Å². The van der Waals surface area contributed by atoms with Crippen LogP contribution in [-0.2, 0) is 6.42 Å². The van der Waals surface area contributed by atoms with Crippen molar-refractivity contribution in [2.75, 3.05) is 25.5 Å². The summed E-state index contributed by atoms with van der Waals surface area (Å²) in [6, 6.07) is 10.7. The zero-order chi connectivity index (χ0) is 11.1. The molecule has 0 aliphatic carbocycles. The molecule has 2 heteroatoms. The molecule has 0 aliphatic heterocycles. The summed E-state index contributed by atoms with van der Waals surface area (Å²) in [5, 5.41) is 1.09. The van der Waals surface area contributed by atoms with Gasteiger partial charge in [0.15, 0.2) is 0 Å². The van der Waals surface area contributed by atoms with Crippen molar-refractivity contribution in [3.63, 3.8) is 0 Å². The second-order valence-electron chi connectivity index (χ2n) is 4.26. The van der Waals surface area contributed by atoms with Gasteiger partial charge in [0, 0.05) is 18.4 Å². The third kappa shape index (κ3) is 5.33. The topological polar surface area (TPSA) is 3.24 Å². The van der Waals surface area contributed by atoms with E-state index in [0.29, 0.717) is 0 Å². The van der Waals surface area contributed by atoms with Gasteiger partial charge in [0.2, 0.25) is 0 Å². The summed E-state index contributed by atoms with van der Waals surface area (Å²) in [6.07, 6.45) is 1.15. The minimum Gasteiger partial charge on any atom is -0.306 e. The molecule has 84 valence electrons. The van der Waals surface area contributed by atoms with Crippen molar-refractivity contribution in [1.82, 2.24) is 4.90 Å². The summed E-state index contributed by atoms with van der Waals surface area (Å²) in [4.78, 5) is 2.40. The number of nitrogens with zero attached hydrogens (tertiary/aromatic N) is 1. The van der Waals surface area contributed by atoms with Gasteiger partial charge in [0.25, 0.3) is 0 Å². The van der Waals surface area contributed by atoms with Crippen LogP contribution in [0.1, 0.15) is 12.5 Å². The molecule has 1 rings (SSSR count). The monoisotopic (exact) mass is 269 g/mol. The quantitative estimate of drug-likeness (QED) is 0.717. The molecule has 0 aromatic heterocycles. The third-order valence-electron chi connectivity index (χ3n) is 2.51. The maximum atomic E-state index is 3.51. The van der Waals surface area contributed by atoms with E-state index in [2.05, 4.69) is 65.1 Å². The highest BCUT2D eigenvalue weighted by Crippen LogP contribution is 2.04. The summed E-state index contributed by atoms with van der Waals surface area (Å²) in [6.45, 7) is 4.58. The Morgan fingerprint density at radius 2 is 1.93 bits per heavy atom. The largest absolute Gasteiger partial charge is 0.306 e. The van der Waals surface area contributed by atoms with E-state index in [1.54, 1.807) is 0 Å². The van der Waals surface area contributed by atoms with E-state index in [4.69, 9.17) is 0 Å². The van der Waals surface area contributed by atoms with Crippen LogP contribution >= 0.6 is 15.9 Å². The van der Waals surface area contributed by atoms with E-state index >= 15 is 0 Å². The minimum atomic E-state index is 0.728. The number of alkyl halides is 1. The van der Waals surface area contributed by atoms with Gasteiger partial charge in [-0.15, -0.1) is 0 Å². The molecular formula is C13H20BrN. The SMILES string of the molecule is CC(CBr)CN(C)CCc1ccccc1. The Morgan fingerprint density at radius 1 is 1.27 bits per heavy atom. The molecule has 0 aliphatic rings. The van der Waals surface area contributed by atoms with Gasteiger partial charge in [0.1, 0.15) is 0 Å². The zero-order valence-electron chi connectivity index (χ0n) is 9.62. The molecule has 0 N–H and O–H groups in total. The Labute approximate surface area is 102 Å². The maximum Gasteiger partial charge on any atom is 0.00692 e. The lowest BCUT2D eigenvalue weighted by Gasteiger charge is -2.19. The van der Waals surface area contributed by atoms with Crippen molar-refractivity contribution in [2.45, 2.75) is 13.3 Å². The molecule has 0 radical (unpaired) electrons. The molecule has 0 saturated carbocycles. The summed E-state index contributed by atoms with van der Waals surface area (Å²) in [5.41, 5.74) is 1.43. The molecule has 1 unspecified atom stereocenters. The average molecular weight is 270 g/mol. The molecule has 15 heavy (non-hydrogen) atoms. The van der Waals surface area contributed by atoms with E-state index in [0.717, 1.165) is 30.8 Å². The minimum absolute atomic E-state index is 0.728. The number of benzene rings is 1. The van der Waals surface area contributed by atoms with Crippen LogP contribution in [0.3, 0.4) is 0 Å².